The van der Waals surface area contributed by atoms with Crippen LogP contribution in [0.4, 0.5) is 9.59 Å². The molecule has 4 aromatic carbocycles. The van der Waals surface area contributed by atoms with E-state index in [2.05, 4.69) is 30.9 Å². The fourth-order valence-corrected chi connectivity index (χ4v) is 14.6. The average molecular weight is 1460 g/mol. The van der Waals surface area contributed by atoms with E-state index in [1.165, 1.54) is 46.9 Å². The number of nitrogens with one attached hydrogen (secondary N) is 2. The summed E-state index contributed by atoms with van der Waals surface area (Å²) in [5.41, 5.74) is 0.311. The number of aryl methyl sites for hydroxylation is 4. The number of aliphatic hydroxyl groups excluding tert-OH is 2. The number of carbonyl (C=O) groups is 2. The fraction of sp³-hybridized carbons (Fsp3) is 0.500. The van der Waals surface area contributed by atoms with Crippen LogP contribution < -0.4 is 20.1 Å². The first-order valence-electron chi connectivity index (χ1n) is 43.9. The van der Waals surface area contributed by atoms with Gasteiger partial charge in [0.1, 0.15) is 36.9 Å². The Hall–Kier alpha value is -7.20. The third kappa shape index (κ3) is 18.0. The van der Waals surface area contributed by atoms with Crippen molar-refractivity contribution in [3.8, 4) is 11.5 Å². The number of rotatable bonds is 28. The Morgan fingerprint density at radius 2 is 1.10 bits per heavy atom. The number of hydrogen-bond donors (Lipinski definition) is 4. The predicted octanol–water partition coefficient (Wildman–Crippen LogP) is 9.17. The molecule has 26 nitrogen and oxygen atoms in total. The lowest BCUT2D eigenvalue weighted by molar-refractivity contribution is -0.0909. The summed E-state index contributed by atoms with van der Waals surface area (Å²) in [5, 5.41) is 40.1. The number of carbonyl (C=O) groups excluding carboxylic acids is 2. The maximum atomic E-state index is 14.7. The molecule has 2 amide bonds. The van der Waals surface area contributed by atoms with Crippen molar-refractivity contribution in [1.82, 2.24) is 39.5 Å². The minimum atomic E-state index is -5.66. The van der Waals surface area contributed by atoms with Crippen molar-refractivity contribution in [3.63, 3.8) is 0 Å². The molecule has 12 rings (SSSR count). The summed E-state index contributed by atoms with van der Waals surface area (Å²) in [7, 11) is -10.8. The molecule has 4 aromatic heterocycles. The van der Waals surface area contributed by atoms with Gasteiger partial charge >= 0.3 is 12.2 Å². The van der Waals surface area contributed by atoms with Crippen molar-refractivity contribution in [2.24, 2.45) is 23.6 Å². The van der Waals surface area contributed by atoms with E-state index in [1.54, 1.807) is 29.6 Å². The molecular weight excluding hydrogens is 1350 g/mol. The molecule has 98 heavy (non-hydrogen) atoms. The molecule has 4 aliphatic rings. The highest BCUT2D eigenvalue weighted by Crippen LogP contribution is 2.35. The summed E-state index contributed by atoms with van der Waals surface area (Å²) in [4.78, 5) is 34.3. The number of amides is 2. The van der Waals surface area contributed by atoms with Crippen LogP contribution in [-0.2, 0) is 74.5 Å². The zero-order valence-corrected chi connectivity index (χ0v) is 55.1. The Kier molecular flexibility index (Phi) is 14.4. The second-order valence-electron chi connectivity index (χ2n) is 22.5. The van der Waals surface area contributed by atoms with Gasteiger partial charge < -0.3 is 67.8 Å². The molecule has 4 aliphatic heterocycles. The van der Waals surface area contributed by atoms with Gasteiger partial charge in [-0.25, -0.2) is 36.4 Å². The molecule has 30 heteroatoms. The highest BCUT2D eigenvalue weighted by molar-refractivity contribution is 7.89. The van der Waals surface area contributed by atoms with E-state index in [4.69, 9.17) is 85.3 Å². The van der Waals surface area contributed by atoms with E-state index in [0.29, 0.717) is 34.5 Å². The predicted molar refractivity (Wildman–Crippen MR) is 361 cm³/mol. The Bertz CT molecular complexity index is 5440. The molecule has 10 atom stereocenters. The van der Waals surface area contributed by atoms with Gasteiger partial charge in [0.2, 0.25) is 20.0 Å². The number of alkyl carbamates (subject to hydrolysis) is 2. The minimum absolute atomic E-state index is 0.0410. The van der Waals surface area contributed by atoms with Gasteiger partial charge in [0, 0.05) is 77.8 Å². The molecule has 528 valence electrons. The van der Waals surface area contributed by atoms with Crippen molar-refractivity contribution >= 4 is 76.8 Å². The number of nitrogens with zero attached hydrogens (tertiary/aromatic N) is 6. The highest BCUT2D eigenvalue weighted by Gasteiger charge is 2.46. The van der Waals surface area contributed by atoms with Crippen LogP contribution in [0, 0.1) is 51.2 Å². The van der Waals surface area contributed by atoms with Gasteiger partial charge in [-0.3, -0.25) is 0 Å². The number of aliphatic hydroxyl groups is 2. The molecule has 0 saturated carbocycles. The van der Waals surface area contributed by atoms with Crippen molar-refractivity contribution in [2.45, 2.75) is 153 Å². The van der Waals surface area contributed by atoms with Crippen molar-refractivity contribution in [1.29, 1.82) is 0 Å². The number of sulfonamides is 2. The van der Waals surface area contributed by atoms with E-state index in [9.17, 15) is 36.6 Å². The van der Waals surface area contributed by atoms with Crippen molar-refractivity contribution < 1.29 is 122 Å². The molecular formula is C68H84N8O18S4. The van der Waals surface area contributed by atoms with Crippen LogP contribution in [0.1, 0.15) is 123 Å². The van der Waals surface area contributed by atoms with Crippen LogP contribution in [0.2, 0.25) is 0 Å². The highest BCUT2D eigenvalue weighted by atomic mass is 32.2. The number of hydrogen-bond acceptors (Lipinski definition) is 24. The SMILES string of the molecule is [2H]C([2H])([2H])c1noc2ccc(S(=O)(=O)N(C[C@@H](O)[C@H](Cc3ccc(OCc4csc(C)n4)cc3)NC(=O)O[C@]3([2H])[C@@H]4CCO[C@@H]4OC3([2H])[2H])C([2H])([2H])C([2H])(C([2H])([2H])[2H])C([2H])([2H])[2H])cc12.[2H]C([2H])([2H])c1noc2ccc(S(=O)(=O)N(C[C@@H](O)[C@H](Cc3ccc(OCc4csc(C)n4)cc3)NC(=O)O[C@]3([2H])[C@@H]4CCO[C@@H]4OC3([2H])[2H])CC([2H])(C([2H])([2H])[2H])C([2H])([2H])[2H])cc12. The van der Waals surface area contributed by atoms with Gasteiger partial charge in [-0.15, -0.1) is 22.7 Å². The lowest BCUT2D eigenvalue weighted by atomic mass is 10.0. The number of aromatic nitrogens is 4. The molecule has 8 heterocycles. The van der Waals surface area contributed by atoms with E-state index in [0.717, 1.165) is 40.3 Å². The summed E-state index contributed by atoms with van der Waals surface area (Å²) in [5.74, 6) is -9.23. The maximum Gasteiger partial charge on any atom is 0.407 e. The van der Waals surface area contributed by atoms with Gasteiger partial charge in [0.05, 0.1) is 113 Å². The van der Waals surface area contributed by atoms with Gasteiger partial charge in [-0.2, -0.15) is 8.61 Å². The summed E-state index contributed by atoms with van der Waals surface area (Å²) in [6, 6.07) is 14.1. The molecule has 0 aliphatic carbocycles. The van der Waals surface area contributed by atoms with Crippen LogP contribution in [0.15, 0.2) is 115 Å². The molecule has 4 fully saturated rings. The average Bonchev–Trinajstić information content (AvgIpc) is 0.776. The standard InChI is InChI=1S/2C34H42N4O9S2/c2*1-20(2)15-38(49(41,42)26-9-10-31-28(14-26)21(3)37-47-31)16-30(39)29(36-34(40)46-32-18-45-33-27(32)11-12-43-33)13-23-5-7-25(8-6-23)44-17-24-19-48-22(4)35-24/h2*5-10,14,19-20,27,29-30,32-33,39H,11-13,15-18H2,1-4H3,(H,36,40)/t2*27-,29-,30+,32-,33+/m00/s1/i1D3,2D3,3D3,15D2,18D2,20D,32D;1D3,2D3,3D3,18D2,20D,32D. The smallest absolute Gasteiger partial charge is 0.407 e. The quantitative estimate of drug-likeness (QED) is 0.0355. The van der Waals surface area contributed by atoms with Crippen molar-refractivity contribution in [2.75, 3.05) is 52.5 Å². The van der Waals surface area contributed by atoms with Crippen LogP contribution in [0.5, 0.6) is 11.5 Å². The molecule has 0 unspecified atom stereocenters. The van der Waals surface area contributed by atoms with Gasteiger partial charge in [0.15, 0.2) is 23.7 Å². The maximum absolute atomic E-state index is 14.7. The lowest BCUT2D eigenvalue weighted by Gasteiger charge is -2.31. The number of fused-ring (bicyclic) bond motifs is 4. The molecule has 4 saturated heterocycles. The Balaban J connectivity index is 0.000000245. The van der Waals surface area contributed by atoms with Crippen LogP contribution in [0.25, 0.3) is 21.9 Å². The Morgan fingerprint density at radius 1 is 0.653 bits per heavy atom. The first kappa shape index (κ1) is 44.1. The lowest BCUT2D eigenvalue weighted by Crippen LogP contribution is -2.51. The summed E-state index contributed by atoms with van der Waals surface area (Å²) in [6.45, 7) is -31.7. The number of benzene rings is 4. The van der Waals surface area contributed by atoms with E-state index in [1.807, 2.05) is 19.2 Å². The molecule has 0 radical (unpaired) electrons. The molecule has 4 N–H and O–H groups in total. The zero-order chi connectivity index (χ0) is 93.5. The topological polar surface area (TPSA) is 325 Å². The number of thiazole rings is 2. The number of ether oxygens (including phenoxy) is 8. The van der Waals surface area contributed by atoms with E-state index < -0.39 is 218 Å². The zero-order valence-electron chi connectivity index (χ0n) is 79.9. The fourth-order valence-electron chi connectivity index (χ4n) is 10.6. The third-order valence-electron chi connectivity index (χ3n) is 15.5. The Morgan fingerprint density at radius 3 is 1.53 bits per heavy atom. The normalized spacial score (nSPS) is 28.4. The van der Waals surface area contributed by atoms with Gasteiger partial charge in [-0.05, 0) is 137 Å². The Labute approximate surface area is 616 Å². The molecule has 0 bridgehead atoms. The first-order valence-corrected chi connectivity index (χ1v) is 34.6. The summed E-state index contributed by atoms with van der Waals surface area (Å²) >= 11 is 2.86. The first-order chi connectivity index (χ1) is 57.9. The van der Waals surface area contributed by atoms with E-state index >= 15 is 0 Å². The molecule has 0 spiro atoms. The van der Waals surface area contributed by atoms with Gasteiger partial charge in [0.25, 0.3) is 0 Å². The minimum Gasteiger partial charge on any atom is -0.487 e. The monoisotopic (exact) mass is 1460 g/mol. The van der Waals surface area contributed by atoms with Gasteiger partial charge in [-0.1, -0.05) is 62.0 Å². The largest absolute Gasteiger partial charge is 0.487 e. The van der Waals surface area contributed by atoms with Crippen LogP contribution in [0.3, 0.4) is 0 Å². The second kappa shape index (κ2) is 32.0. The van der Waals surface area contributed by atoms with Crippen LogP contribution in [-0.4, -0.2) is 170 Å². The summed E-state index contributed by atoms with van der Waals surface area (Å²) in [6.07, 6.45) is -16.0. The summed E-state index contributed by atoms with van der Waals surface area (Å²) < 4.78 is 341. The van der Waals surface area contributed by atoms with E-state index in [-0.39, 0.29) is 76.4 Å². The van der Waals surface area contributed by atoms with Crippen LogP contribution >= 0.6 is 22.7 Å². The molecule has 8 aromatic rings. The van der Waals surface area contributed by atoms with Crippen molar-refractivity contribution in [3.05, 3.63) is 140 Å². The third-order valence-corrected chi connectivity index (χ3v) is 20.7. The second-order valence-corrected chi connectivity index (χ2v) is 28.4.